The third-order valence-corrected chi connectivity index (χ3v) is 5.26. The molecule has 3 aromatic heterocycles. The lowest BCUT2D eigenvalue weighted by atomic mass is 9.90. The second kappa shape index (κ2) is 6.48. The summed E-state index contributed by atoms with van der Waals surface area (Å²) in [5, 5.41) is 19.6. The fourth-order valence-electron chi connectivity index (χ4n) is 3.76. The number of hydrogen-bond donors (Lipinski definition) is 1. The standard InChI is InChI=1S/C19H26N6O/c1-14(2)25-12-17(21-22-25)19(26)7-5-8-23(13-19)11-16-10-20-18-15(3)6-4-9-24(16)18/h4,6,9-10,12,14,26H,5,7-8,11,13H2,1-3H3/t19-/m1/s1. The third-order valence-electron chi connectivity index (χ3n) is 5.26. The van der Waals surface area contributed by atoms with Crippen LogP contribution in [0.1, 0.15) is 49.7 Å². The number of likely N-dealkylation sites (tertiary alicyclic amines) is 1. The molecular weight excluding hydrogens is 328 g/mol. The topological polar surface area (TPSA) is 71.5 Å². The predicted octanol–water partition coefficient (Wildman–Crippen LogP) is 2.30. The van der Waals surface area contributed by atoms with Crippen LogP contribution in [-0.2, 0) is 12.1 Å². The number of β-amino-alcohol motifs (C(OH)–C–C–N with tert-alkyl or cyclic N) is 1. The highest BCUT2D eigenvalue weighted by Gasteiger charge is 2.37. The summed E-state index contributed by atoms with van der Waals surface area (Å²) in [5.41, 5.74) is 3.03. The zero-order valence-electron chi connectivity index (χ0n) is 15.6. The number of nitrogens with zero attached hydrogens (tertiary/aromatic N) is 6. The molecule has 1 fully saturated rings. The SMILES string of the molecule is Cc1cccn2c(CN3CCC[C@](O)(c4cn(C(C)C)nn4)C3)cnc12. The Hall–Kier alpha value is -2.25. The highest BCUT2D eigenvalue weighted by atomic mass is 16.3. The van der Waals surface area contributed by atoms with Gasteiger partial charge in [-0.3, -0.25) is 4.90 Å². The molecule has 0 spiro atoms. The maximum atomic E-state index is 11.2. The van der Waals surface area contributed by atoms with Gasteiger partial charge < -0.3 is 9.51 Å². The average molecular weight is 354 g/mol. The van der Waals surface area contributed by atoms with E-state index >= 15 is 0 Å². The van der Waals surface area contributed by atoms with Crippen molar-refractivity contribution >= 4 is 5.65 Å². The highest BCUT2D eigenvalue weighted by Crippen LogP contribution is 2.31. The van der Waals surface area contributed by atoms with Crippen LogP contribution < -0.4 is 0 Å². The fourth-order valence-corrected chi connectivity index (χ4v) is 3.76. The summed E-state index contributed by atoms with van der Waals surface area (Å²) in [7, 11) is 0. The van der Waals surface area contributed by atoms with Crippen LogP contribution >= 0.6 is 0 Å². The molecule has 0 radical (unpaired) electrons. The monoisotopic (exact) mass is 354 g/mol. The predicted molar refractivity (Wildman–Crippen MR) is 98.7 cm³/mol. The second-order valence-corrected chi connectivity index (χ2v) is 7.66. The lowest BCUT2D eigenvalue weighted by Gasteiger charge is -2.37. The summed E-state index contributed by atoms with van der Waals surface area (Å²) in [6.45, 7) is 8.46. The van der Waals surface area contributed by atoms with Crippen LogP contribution in [0.3, 0.4) is 0 Å². The molecule has 0 aromatic carbocycles. The molecule has 26 heavy (non-hydrogen) atoms. The Morgan fingerprint density at radius 3 is 2.96 bits per heavy atom. The Morgan fingerprint density at radius 2 is 2.19 bits per heavy atom. The van der Waals surface area contributed by atoms with Crippen molar-refractivity contribution in [1.82, 2.24) is 29.3 Å². The van der Waals surface area contributed by atoms with Gasteiger partial charge in [-0.2, -0.15) is 0 Å². The van der Waals surface area contributed by atoms with Gasteiger partial charge in [0.05, 0.1) is 18.1 Å². The van der Waals surface area contributed by atoms with E-state index in [1.54, 1.807) is 4.68 Å². The minimum atomic E-state index is -0.943. The lowest BCUT2D eigenvalue weighted by Crippen LogP contribution is -2.46. The summed E-state index contributed by atoms with van der Waals surface area (Å²) in [4.78, 5) is 6.83. The van der Waals surface area contributed by atoms with E-state index in [1.807, 2.05) is 18.5 Å². The number of imidazole rings is 1. The molecule has 4 rings (SSSR count). The summed E-state index contributed by atoms with van der Waals surface area (Å²) >= 11 is 0. The van der Waals surface area contributed by atoms with Gasteiger partial charge in [0, 0.05) is 25.3 Å². The number of rotatable bonds is 4. The molecule has 138 valence electrons. The minimum absolute atomic E-state index is 0.237. The van der Waals surface area contributed by atoms with E-state index in [4.69, 9.17) is 0 Å². The van der Waals surface area contributed by atoms with Crippen molar-refractivity contribution in [2.75, 3.05) is 13.1 Å². The molecule has 1 aliphatic heterocycles. The molecule has 0 unspecified atom stereocenters. The molecule has 1 saturated heterocycles. The molecule has 3 aromatic rings. The van der Waals surface area contributed by atoms with Gasteiger partial charge in [0.15, 0.2) is 0 Å². The Kier molecular flexibility index (Phi) is 4.28. The molecule has 4 heterocycles. The van der Waals surface area contributed by atoms with Crippen LogP contribution in [-0.4, -0.2) is 47.5 Å². The molecule has 7 nitrogen and oxygen atoms in total. The molecule has 7 heteroatoms. The first kappa shape index (κ1) is 17.2. The summed E-state index contributed by atoms with van der Waals surface area (Å²) < 4.78 is 3.94. The van der Waals surface area contributed by atoms with Crippen LogP contribution in [0.2, 0.25) is 0 Å². The van der Waals surface area contributed by atoms with Gasteiger partial charge in [-0.05, 0) is 51.8 Å². The average Bonchev–Trinajstić information content (AvgIpc) is 3.24. The first-order valence-corrected chi connectivity index (χ1v) is 9.25. The number of piperidine rings is 1. The van der Waals surface area contributed by atoms with Crippen molar-refractivity contribution in [3.8, 4) is 0 Å². The largest absolute Gasteiger partial charge is 0.382 e. The van der Waals surface area contributed by atoms with Crippen molar-refractivity contribution < 1.29 is 5.11 Å². The minimum Gasteiger partial charge on any atom is -0.382 e. The fraction of sp³-hybridized carbons (Fsp3) is 0.526. The third kappa shape index (κ3) is 3.01. The van der Waals surface area contributed by atoms with Gasteiger partial charge in [0.1, 0.15) is 16.9 Å². The summed E-state index contributed by atoms with van der Waals surface area (Å²) in [6.07, 6.45) is 7.51. The maximum absolute atomic E-state index is 11.2. The summed E-state index contributed by atoms with van der Waals surface area (Å²) in [6, 6.07) is 4.36. The molecule has 0 saturated carbocycles. The van der Waals surface area contributed by atoms with Gasteiger partial charge in [-0.1, -0.05) is 11.3 Å². The normalized spacial score (nSPS) is 21.7. The summed E-state index contributed by atoms with van der Waals surface area (Å²) in [5.74, 6) is 0. The number of aliphatic hydroxyl groups is 1. The Balaban J connectivity index is 1.55. The van der Waals surface area contributed by atoms with E-state index < -0.39 is 5.60 Å². The van der Waals surface area contributed by atoms with Crippen molar-refractivity contribution in [3.63, 3.8) is 0 Å². The first-order chi connectivity index (χ1) is 12.5. The highest BCUT2D eigenvalue weighted by molar-refractivity contribution is 5.48. The molecule has 1 atom stereocenters. The number of hydrogen-bond acceptors (Lipinski definition) is 5. The first-order valence-electron chi connectivity index (χ1n) is 9.25. The number of fused-ring (bicyclic) bond motifs is 1. The van der Waals surface area contributed by atoms with Gasteiger partial charge >= 0.3 is 0 Å². The number of aromatic nitrogens is 5. The maximum Gasteiger partial charge on any atom is 0.139 e. The Bertz CT molecular complexity index is 914. The molecule has 0 bridgehead atoms. The van der Waals surface area contributed by atoms with Crippen LogP contribution in [0.4, 0.5) is 0 Å². The Morgan fingerprint density at radius 1 is 1.35 bits per heavy atom. The molecular formula is C19H26N6O. The van der Waals surface area contributed by atoms with Crippen molar-refractivity contribution in [2.45, 2.75) is 51.8 Å². The van der Waals surface area contributed by atoms with Crippen molar-refractivity contribution in [1.29, 1.82) is 0 Å². The van der Waals surface area contributed by atoms with Crippen LogP contribution in [0, 0.1) is 6.92 Å². The smallest absolute Gasteiger partial charge is 0.139 e. The zero-order valence-corrected chi connectivity index (χ0v) is 15.6. The molecule has 1 N–H and O–H groups in total. The zero-order chi connectivity index (χ0) is 18.3. The van der Waals surface area contributed by atoms with E-state index in [-0.39, 0.29) is 6.04 Å². The van der Waals surface area contributed by atoms with Gasteiger partial charge in [0.2, 0.25) is 0 Å². The van der Waals surface area contributed by atoms with Crippen LogP contribution in [0.25, 0.3) is 5.65 Å². The van der Waals surface area contributed by atoms with Gasteiger partial charge in [-0.25, -0.2) is 9.67 Å². The molecule has 0 aliphatic carbocycles. The number of pyridine rings is 1. The quantitative estimate of drug-likeness (QED) is 0.778. The van der Waals surface area contributed by atoms with E-state index in [0.717, 1.165) is 30.9 Å². The number of aryl methyl sites for hydroxylation is 1. The van der Waals surface area contributed by atoms with E-state index in [1.165, 1.54) is 5.56 Å². The van der Waals surface area contributed by atoms with Crippen LogP contribution in [0.5, 0.6) is 0 Å². The molecule has 0 amide bonds. The van der Waals surface area contributed by atoms with Crippen molar-refractivity contribution in [2.24, 2.45) is 0 Å². The lowest BCUT2D eigenvalue weighted by molar-refractivity contribution is -0.0418. The van der Waals surface area contributed by atoms with E-state index in [0.29, 0.717) is 18.7 Å². The molecule has 1 aliphatic rings. The van der Waals surface area contributed by atoms with E-state index in [2.05, 4.69) is 57.6 Å². The van der Waals surface area contributed by atoms with Crippen LogP contribution in [0.15, 0.2) is 30.7 Å². The van der Waals surface area contributed by atoms with Crippen molar-refractivity contribution in [3.05, 3.63) is 47.7 Å². The Labute approximate surface area is 153 Å². The van der Waals surface area contributed by atoms with E-state index in [9.17, 15) is 5.11 Å². The second-order valence-electron chi connectivity index (χ2n) is 7.66. The van der Waals surface area contributed by atoms with Gasteiger partial charge in [-0.15, -0.1) is 5.10 Å². The van der Waals surface area contributed by atoms with Gasteiger partial charge in [0.25, 0.3) is 0 Å².